The molecule has 1 aromatic rings. The highest BCUT2D eigenvalue weighted by atomic mass is 16.4. The first-order valence-electron chi connectivity index (χ1n) is 6.51. The summed E-state index contributed by atoms with van der Waals surface area (Å²) in [6, 6.07) is 5.42. The predicted octanol–water partition coefficient (Wildman–Crippen LogP) is 1.55. The summed E-state index contributed by atoms with van der Waals surface area (Å²) in [5.41, 5.74) is 4.41. The van der Waals surface area contributed by atoms with Gasteiger partial charge in [0.25, 0.3) is 0 Å². The van der Waals surface area contributed by atoms with Crippen LogP contribution in [0.3, 0.4) is 0 Å². The number of carbonyl (C=O) groups excluding carboxylic acids is 2. The van der Waals surface area contributed by atoms with Gasteiger partial charge in [-0.3, -0.25) is 4.79 Å². The Bertz CT molecular complexity index is 559. The zero-order valence-corrected chi connectivity index (χ0v) is 12.0. The standard InChI is InChI=1S/C14H19N3O4/c1-3-7-14(2,12(19)20)17-13(21)16-10-6-4-5-9(8-10)11(15)18/h4-6,8H,3,7H2,1-2H3,(H2,15,18)(H,19,20)(H2,16,17,21). The second-order valence-electron chi connectivity index (χ2n) is 4.91. The van der Waals surface area contributed by atoms with Crippen molar-refractivity contribution < 1.29 is 19.5 Å². The number of carbonyl (C=O) groups is 3. The van der Waals surface area contributed by atoms with Gasteiger partial charge in [0.2, 0.25) is 5.91 Å². The molecular weight excluding hydrogens is 274 g/mol. The Morgan fingerprint density at radius 2 is 2.00 bits per heavy atom. The number of carboxylic acid groups (broad SMARTS) is 1. The van der Waals surface area contributed by atoms with E-state index in [4.69, 9.17) is 5.73 Å². The summed E-state index contributed by atoms with van der Waals surface area (Å²) in [5.74, 6) is -1.72. The van der Waals surface area contributed by atoms with E-state index < -0.39 is 23.4 Å². The number of urea groups is 1. The number of hydrogen-bond donors (Lipinski definition) is 4. The monoisotopic (exact) mass is 293 g/mol. The van der Waals surface area contributed by atoms with Crippen molar-refractivity contribution in [3.8, 4) is 0 Å². The summed E-state index contributed by atoms with van der Waals surface area (Å²) >= 11 is 0. The van der Waals surface area contributed by atoms with E-state index in [9.17, 15) is 19.5 Å². The molecule has 0 bridgehead atoms. The highest BCUT2D eigenvalue weighted by Gasteiger charge is 2.33. The molecule has 3 amide bonds. The molecule has 0 spiro atoms. The van der Waals surface area contributed by atoms with Crippen molar-refractivity contribution in [1.82, 2.24) is 5.32 Å². The molecule has 0 radical (unpaired) electrons. The number of primary amides is 1. The SMILES string of the molecule is CCCC(C)(NC(=O)Nc1cccc(C(N)=O)c1)C(=O)O. The third-order valence-electron chi connectivity index (χ3n) is 3.02. The van der Waals surface area contributed by atoms with E-state index in [0.29, 0.717) is 18.5 Å². The lowest BCUT2D eigenvalue weighted by atomic mass is 9.97. The first kappa shape index (κ1) is 16.5. The average molecular weight is 293 g/mol. The molecule has 0 aliphatic rings. The lowest BCUT2D eigenvalue weighted by molar-refractivity contribution is -0.143. The van der Waals surface area contributed by atoms with Crippen LogP contribution in [0.5, 0.6) is 0 Å². The van der Waals surface area contributed by atoms with Gasteiger partial charge in [0.1, 0.15) is 5.54 Å². The Kier molecular flexibility index (Phi) is 5.29. The minimum atomic E-state index is -1.35. The van der Waals surface area contributed by atoms with Crippen LogP contribution < -0.4 is 16.4 Å². The van der Waals surface area contributed by atoms with E-state index in [0.717, 1.165) is 0 Å². The molecule has 1 rings (SSSR count). The van der Waals surface area contributed by atoms with Crippen LogP contribution in [-0.2, 0) is 4.79 Å². The Morgan fingerprint density at radius 1 is 1.33 bits per heavy atom. The molecule has 0 aromatic heterocycles. The molecule has 0 saturated heterocycles. The van der Waals surface area contributed by atoms with E-state index in [1.807, 2.05) is 6.92 Å². The first-order chi connectivity index (χ1) is 9.78. The highest BCUT2D eigenvalue weighted by Crippen LogP contribution is 2.14. The van der Waals surface area contributed by atoms with Crippen LogP contribution in [-0.4, -0.2) is 28.6 Å². The minimum Gasteiger partial charge on any atom is -0.480 e. The first-order valence-corrected chi connectivity index (χ1v) is 6.51. The Labute approximate surface area is 122 Å². The number of benzene rings is 1. The number of amides is 3. The Morgan fingerprint density at radius 3 is 2.52 bits per heavy atom. The van der Waals surface area contributed by atoms with E-state index >= 15 is 0 Å². The zero-order valence-electron chi connectivity index (χ0n) is 12.0. The van der Waals surface area contributed by atoms with Gasteiger partial charge in [-0.2, -0.15) is 0 Å². The van der Waals surface area contributed by atoms with Crippen LogP contribution in [0.1, 0.15) is 37.0 Å². The Hall–Kier alpha value is -2.57. The molecule has 7 heteroatoms. The van der Waals surface area contributed by atoms with Crippen LogP contribution in [0.25, 0.3) is 0 Å². The van der Waals surface area contributed by atoms with Crippen LogP contribution in [0.15, 0.2) is 24.3 Å². The molecule has 1 aromatic carbocycles. The van der Waals surface area contributed by atoms with Crippen molar-refractivity contribution in [3.63, 3.8) is 0 Å². The lowest BCUT2D eigenvalue weighted by Gasteiger charge is -2.25. The van der Waals surface area contributed by atoms with Crippen LogP contribution in [0, 0.1) is 0 Å². The van der Waals surface area contributed by atoms with Crippen molar-refractivity contribution >= 4 is 23.6 Å². The normalized spacial score (nSPS) is 13.0. The van der Waals surface area contributed by atoms with Crippen LogP contribution >= 0.6 is 0 Å². The van der Waals surface area contributed by atoms with E-state index in [-0.39, 0.29) is 5.56 Å². The smallest absolute Gasteiger partial charge is 0.329 e. The van der Waals surface area contributed by atoms with Gasteiger partial charge >= 0.3 is 12.0 Å². The largest absolute Gasteiger partial charge is 0.480 e. The van der Waals surface area contributed by atoms with Gasteiger partial charge in [0, 0.05) is 11.3 Å². The van der Waals surface area contributed by atoms with Gasteiger partial charge in [-0.05, 0) is 31.5 Å². The molecule has 114 valence electrons. The van der Waals surface area contributed by atoms with Crippen LogP contribution in [0.2, 0.25) is 0 Å². The van der Waals surface area contributed by atoms with Gasteiger partial charge < -0.3 is 21.5 Å². The summed E-state index contributed by atoms with van der Waals surface area (Å²) < 4.78 is 0. The maximum Gasteiger partial charge on any atom is 0.329 e. The summed E-state index contributed by atoms with van der Waals surface area (Å²) in [6.45, 7) is 3.27. The zero-order chi connectivity index (χ0) is 16.0. The van der Waals surface area contributed by atoms with Crippen molar-refractivity contribution in [1.29, 1.82) is 0 Å². The summed E-state index contributed by atoms with van der Waals surface area (Å²) in [4.78, 5) is 34.2. The molecule has 0 fully saturated rings. The molecule has 5 N–H and O–H groups in total. The second-order valence-corrected chi connectivity index (χ2v) is 4.91. The van der Waals surface area contributed by atoms with Gasteiger partial charge in [0.05, 0.1) is 0 Å². The Balaban J connectivity index is 2.79. The van der Waals surface area contributed by atoms with Crippen molar-refractivity contribution in [2.45, 2.75) is 32.2 Å². The summed E-state index contributed by atoms with van der Waals surface area (Å²) in [5, 5.41) is 14.1. The molecule has 0 saturated carbocycles. The number of aliphatic carboxylic acids is 1. The number of anilines is 1. The molecule has 0 heterocycles. The molecule has 7 nitrogen and oxygen atoms in total. The number of carboxylic acids is 1. The van der Waals surface area contributed by atoms with Gasteiger partial charge in [-0.1, -0.05) is 19.4 Å². The second kappa shape index (κ2) is 6.74. The van der Waals surface area contributed by atoms with E-state index in [1.165, 1.54) is 19.1 Å². The van der Waals surface area contributed by atoms with Gasteiger partial charge in [-0.15, -0.1) is 0 Å². The molecule has 0 aliphatic heterocycles. The molecule has 21 heavy (non-hydrogen) atoms. The average Bonchev–Trinajstić information content (AvgIpc) is 2.38. The number of nitrogens with one attached hydrogen (secondary N) is 2. The van der Waals surface area contributed by atoms with Crippen LogP contribution in [0.4, 0.5) is 10.5 Å². The highest BCUT2D eigenvalue weighted by molar-refractivity contribution is 5.97. The third kappa shape index (κ3) is 4.48. The number of hydrogen-bond acceptors (Lipinski definition) is 3. The van der Waals surface area contributed by atoms with Gasteiger partial charge in [0.15, 0.2) is 0 Å². The number of rotatable bonds is 6. The van der Waals surface area contributed by atoms with Gasteiger partial charge in [-0.25, -0.2) is 9.59 Å². The maximum absolute atomic E-state index is 11.9. The lowest BCUT2D eigenvalue weighted by Crippen LogP contribution is -2.53. The molecular formula is C14H19N3O4. The van der Waals surface area contributed by atoms with Crippen molar-refractivity contribution in [2.75, 3.05) is 5.32 Å². The van der Waals surface area contributed by atoms with Crippen molar-refractivity contribution in [2.24, 2.45) is 5.73 Å². The maximum atomic E-state index is 11.9. The fourth-order valence-corrected chi connectivity index (χ4v) is 1.89. The quantitative estimate of drug-likeness (QED) is 0.635. The molecule has 0 aliphatic carbocycles. The summed E-state index contributed by atoms with van der Waals surface area (Å²) in [7, 11) is 0. The number of nitrogens with two attached hydrogens (primary N) is 1. The fourth-order valence-electron chi connectivity index (χ4n) is 1.89. The summed E-state index contributed by atoms with van der Waals surface area (Å²) in [6.07, 6.45) is 0.914. The van der Waals surface area contributed by atoms with Crippen molar-refractivity contribution in [3.05, 3.63) is 29.8 Å². The molecule has 1 atom stereocenters. The van der Waals surface area contributed by atoms with E-state index in [1.54, 1.807) is 12.1 Å². The fraction of sp³-hybridized carbons (Fsp3) is 0.357. The minimum absolute atomic E-state index is 0.252. The topological polar surface area (TPSA) is 122 Å². The predicted molar refractivity (Wildman–Crippen MR) is 78.1 cm³/mol. The third-order valence-corrected chi connectivity index (χ3v) is 3.02. The van der Waals surface area contributed by atoms with E-state index in [2.05, 4.69) is 10.6 Å². The molecule has 1 unspecified atom stereocenters.